The number of rotatable bonds is 10. The van der Waals surface area contributed by atoms with Gasteiger partial charge in [-0.05, 0) is 43.3 Å². The molecule has 160 valence electrons. The number of carbonyl (C=O) groups excluding carboxylic acids is 1. The van der Waals surface area contributed by atoms with E-state index in [9.17, 15) is 4.79 Å². The summed E-state index contributed by atoms with van der Waals surface area (Å²) < 4.78 is 12.8. The van der Waals surface area contributed by atoms with Gasteiger partial charge >= 0.3 is 0 Å². The quantitative estimate of drug-likeness (QED) is 0.424. The summed E-state index contributed by atoms with van der Waals surface area (Å²) >= 11 is 0. The minimum absolute atomic E-state index is 0.111. The minimum atomic E-state index is -1.54. The van der Waals surface area contributed by atoms with Crippen molar-refractivity contribution in [2.45, 2.75) is 72.4 Å². The molecule has 1 aromatic carbocycles. The summed E-state index contributed by atoms with van der Waals surface area (Å²) in [5.41, 5.74) is 0.0808. The van der Waals surface area contributed by atoms with Crippen LogP contribution in [0, 0.1) is 11.3 Å². The van der Waals surface area contributed by atoms with Gasteiger partial charge in [0.05, 0.1) is 19.8 Å². The van der Waals surface area contributed by atoms with Crippen molar-refractivity contribution in [3.63, 3.8) is 0 Å². The Morgan fingerprint density at radius 3 is 2.18 bits per heavy atom. The highest BCUT2D eigenvalue weighted by molar-refractivity contribution is 6.48. The van der Waals surface area contributed by atoms with Gasteiger partial charge in [0.1, 0.15) is 0 Å². The lowest BCUT2D eigenvalue weighted by molar-refractivity contribution is -0.202. The van der Waals surface area contributed by atoms with E-state index >= 15 is 0 Å². The Balaban J connectivity index is 3.25. The third kappa shape index (κ3) is 7.31. The van der Waals surface area contributed by atoms with Crippen molar-refractivity contribution in [2.75, 3.05) is 14.2 Å². The monoisotopic (exact) mass is 409 g/mol. The number of carbonyl (C=O) groups is 1. The summed E-state index contributed by atoms with van der Waals surface area (Å²) in [4.78, 5) is 18.5. The summed E-state index contributed by atoms with van der Waals surface area (Å²) in [6.07, 6.45) is 0.515. The lowest BCUT2D eigenvalue weighted by Gasteiger charge is -2.43. The number of benzene rings is 1. The van der Waals surface area contributed by atoms with Gasteiger partial charge in [0.15, 0.2) is 14.6 Å². The van der Waals surface area contributed by atoms with Crippen molar-refractivity contribution >= 4 is 14.9 Å². The number of likely N-dealkylation sites (N-methyl/N-ethyl adjacent to an activating group) is 1. The Kier molecular flexibility index (Phi) is 9.34. The predicted octanol–water partition coefficient (Wildman–Crippen LogP) is 4.42. The summed E-state index contributed by atoms with van der Waals surface area (Å²) in [5.74, 6) is -0.0920. The Hall–Kier alpha value is -1.21. The molecule has 0 aromatic heterocycles. The van der Waals surface area contributed by atoms with E-state index < -0.39 is 20.7 Å². The van der Waals surface area contributed by atoms with Crippen LogP contribution in [0.15, 0.2) is 30.3 Å². The van der Waals surface area contributed by atoms with Crippen LogP contribution in [-0.4, -0.2) is 45.9 Å². The second kappa shape index (κ2) is 10.5. The maximum Gasteiger partial charge on any atom is 0.279 e. The molecular formula is C22H39NO4Si. The van der Waals surface area contributed by atoms with Crippen molar-refractivity contribution in [3.05, 3.63) is 35.9 Å². The molecular weight excluding hydrogens is 370 g/mol. The average Bonchev–Trinajstić information content (AvgIpc) is 2.59. The zero-order valence-corrected chi connectivity index (χ0v) is 20.3. The molecule has 0 bridgehead atoms. The van der Waals surface area contributed by atoms with Gasteiger partial charge in [-0.3, -0.25) is 9.63 Å². The van der Waals surface area contributed by atoms with E-state index in [2.05, 4.69) is 40.8 Å². The molecule has 1 rings (SSSR count). The molecule has 0 fully saturated rings. The average molecular weight is 410 g/mol. The molecule has 5 nitrogen and oxygen atoms in total. The molecule has 0 N–H and O–H groups in total. The zero-order valence-electron chi connectivity index (χ0n) is 19.1. The smallest absolute Gasteiger partial charge is 0.279 e. The highest BCUT2D eigenvalue weighted by atomic mass is 28.3. The number of hydroxylamine groups is 2. The normalized spacial score (nSPS) is 16.5. The Morgan fingerprint density at radius 1 is 1.14 bits per heavy atom. The van der Waals surface area contributed by atoms with Crippen LogP contribution in [0.25, 0.3) is 0 Å². The van der Waals surface area contributed by atoms with Crippen LogP contribution in [0.2, 0.25) is 13.1 Å². The molecule has 0 aliphatic rings. The zero-order chi connectivity index (χ0) is 21.5. The third-order valence-electron chi connectivity index (χ3n) is 4.73. The van der Waals surface area contributed by atoms with E-state index in [1.54, 1.807) is 7.05 Å². The first kappa shape index (κ1) is 24.8. The van der Waals surface area contributed by atoms with E-state index in [4.69, 9.17) is 14.0 Å². The number of nitrogens with zero attached hydrogens (tertiary/aromatic N) is 1. The second-order valence-corrected chi connectivity index (χ2v) is 11.6. The lowest BCUT2D eigenvalue weighted by atomic mass is 9.78. The third-order valence-corrected chi connectivity index (χ3v) is 5.69. The van der Waals surface area contributed by atoms with E-state index in [0.717, 1.165) is 12.0 Å². The fourth-order valence-electron chi connectivity index (χ4n) is 3.82. The number of hydrogen-bond acceptors (Lipinski definition) is 4. The first-order valence-electron chi connectivity index (χ1n) is 10.1. The molecule has 28 heavy (non-hydrogen) atoms. The highest BCUT2D eigenvalue weighted by Crippen LogP contribution is 2.35. The number of amides is 1. The molecule has 0 saturated heterocycles. The molecule has 3 atom stereocenters. The second-order valence-electron chi connectivity index (χ2n) is 9.22. The van der Waals surface area contributed by atoms with E-state index in [1.165, 1.54) is 12.2 Å². The summed E-state index contributed by atoms with van der Waals surface area (Å²) in [7, 11) is 1.57. The SMILES string of the molecule is CON(C)C(=O)[C@](C)(O[SiH](C)C)[C@H](OCc1ccccc1)[C@@H](C)CC(C)(C)C. The maximum atomic E-state index is 13.3. The van der Waals surface area contributed by atoms with Crippen LogP contribution < -0.4 is 0 Å². The summed E-state index contributed by atoms with van der Waals surface area (Å²) in [6, 6.07) is 10.0. The van der Waals surface area contributed by atoms with Gasteiger partial charge in [-0.15, -0.1) is 0 Å². The molecule has 6 heteroatoms. The van der Waals surface area contributed by atoms with Gasteiger partial charge in [-0.25, -0.2) is 5.06 Å². The topological polar surface area (TPSA) is 48.0 Å². The van der Waals surface area contributed by atoms with Crippen molar-refractivity contribution in [2.24, 2.45) is 11.3 Å². The fraction of sp³-hybridized carbons (Fsp3) is 0.682. The Bertz CT molecular complexity index is 602. The van der Waals surface area contributed by atoms with E-state index in [0.29, 0.717) is 6.61 Å². The van der Waals surface area contributed by atoms with Gasteiger partial charge in [0.2, 0.25) is 0 Å². The van der Waals surface area contributed by atoms with Crippen molar-refractivity contribution in [3.8, 4) is 0 Å². The molecule has 1 amide bonds. The largest absolute Gasteiger partial charge is 0.405 e. The van der Waals surface area contributed by atoms with E-state index in [-0.39, 0.29) is 17.2 Å². The molecule has 0 unspecified atom stereocenters. The standard InChI is InChI=1S/C22H39NO4Si/c1-17(15-21(2,3)4)19(26-16-18-13-11-10-12-14-18)22(5,27-28(8)9)20(24)23(6)25-7/h10-14,17,19,28H,15-16H2,1-9H3/t17-,19+,22+/m0/s1. The molecule has 0 radical (unpaired) electrons. The van der Waals surface area contributed by atoms with Gasteiger partial charge in [-0.2, -0.15) is 0 Å². The molecule has 0 heterocycles. The van der Waals surface area contributed by atoms with Crippen molar-refractivity contribution < 1.29 is 18.8 Å². The molecule has 0 saturated carbocycles. The summed E-state index contributed by atoms with van der Waals surface area (Å²) in [6.45, 7) is 15.2. The first-order chi connectivity index (χ1) is 12.9. The number of hydrogen-bond donors (Lipinski definition) is 0. The van der Waals surface area contributed by atoms with Gasteiger partial charge in [-0.1, -0.05) is 58.0 Å². The fourth-order valence-corrected chi connectivity index (χ4v) is 5.04. The minimum Gasteiger partial charge on any atom is -0.405 e. The Morgan fingerprint density at radius 2 is 1.71 bits per heavy atom. The van der Waals surface area contributed by atoms with Crippen LogP contribution in [-0.2, 0) is 25.4 Å². The van der Waals surface area contributed by atoms with Crippen LogP contribution in [0.1, 0.15) is 46.6 Å². The van der Waals surface area contributed by atoms with Gasteiger partial charge in [0, 0.05) is 7.05 Å². The first-order valence-corrected chi connectivity index (χ1v) is 12.8. The molecule has 0 spiro atoms. The molecule has 0 aliphatic heterocycles. The summed E-state index contributed by atoms with van der Waals surface area (Å²) in [5, 5.41) is 1.25. The van der Waals surface area contributed by atoms with Crippen molar-refractivity contribution in [1.29, 1.82) is 0 Å². The molecule has 0 aliphatic carbocycles. The highest BCUT2D eigenvalue weighted by Gasteiger charge is 2.48. The van der Waals surface area contributed by atoms with Crippen LogP contribution in [0.4, 0.5) is 0 Å². The molecule has 1 aromatic rings. The van der Waals surface area contributed by atoms with E-state index in [1.807, 2.05) is 37.3 Å². The van der Waals surface area contributed by atoms with Crippen LogP contribution in [0.3, 0.4) is 0 Å². The predicted molar refractivity (Wildman–Crippen MR) is 116 cm³/mol. The van der Waals surface area contributed by atoms with Gasteiger partial charge < -0.3 is 9.16 Å². The van der Waals surface area contributed by atoms with Gasteiger partial charge in [0.25, 0.3) is 5.91 Å². The van der Waals surface area contributed by atoms with Crippen LogP contribution >= 0.6 is 0 Å². The Labute approximate surface area is 173 Å². The lowest BCUT2D eigenvalue weighted by Crippen LogP contribution is -2.59. The maximum absolute atomic E-state index is 13.3. The van der Waals surface area contributed by atoms with Crippen molar-refractivity contribution in [1.82, 2.24) is 5.06 Å². The van der Waals surface area contributed by atoms with Crippen LogP contribution in [0.5, 0.6) is 0 Å². The number of ether oxygens (including phenoxy) is 1.